The maximum Gasteiger partial charge on any atom is 0.251 e. The molecule has 148 valence electrons. The molecule has 0 saturated carbocycles. The van der Waals surface area contributed by atoms with E-state index >= 15 is 0 Å². The van der Waals surface area contributed by atoms with Crippen LogP contribution in [0.5, 0.6) is 0 Å². The number of nitrogens with one attached hydrogen (secondary N) is 2. The van der Waals surface area contributed by atoms with E-state index in [2.05, 4.69) is 30.7 Å². The highest BCUT2D eigenvalue weighted by atomic mass is 19.1. The van der Waals surface area contributed by atoms with Crippen LogP contribution in [0.3, 0.4) is 0 Å². The van der Waals surface area contributed by atoms with Gasteiger partial charge in [0, 0.05) is 34.0 Å². The van der Waals surface area contributed by atoms with Gasteiger partial charge in [-0.15, -0.1) is 0 Å². The summed E-state index contributed by atoms with van der Waals surface area (Å²) in [6.07, 6.45) is -1.44. The maximum absolute atomic E-state index is 14.1. The molecule has 1 atom stereocenters. The summed E-state index contributed by atoms with van der Waals surface area (Å²) in [5.41, 5.74) is 17.7. The quantitative estimate of drug-likeness (QED) is 0.365. The first-order chi connectivity index (χ1) is 14.1. The Bertz CT molecular complexity index is 983. The highest BCUT2D eigenvalue weighted by Gasteiger charge is 2.14. The van der Waals surface area contributed by atoms with Crippen LogP contribution in [0.1, 0.15) is 27.1 Å². The summed E-state index contributed by atoms with van der Waals surface area (Å²) in [5, 5.41) is 11.8. The first-order valence-electron chi connectivity index (χ1n) is 8.55. The molecule has 0 fully saturated rings. The molecule has 29 heavy (non-hydrogen) atoms. The van der Waals surface area contributed by atoms with E-state index in [1.165, 1.54) is 24.3 Å². The Kier molecular flexibility index (Phi) is 8.00. The van der Waals surface area contributed by atoms with Crippen molar-refractivity contribution in [3.05, 3.63) is 80.5 Å². The number of hydrogen-bond acceptors (Lipinski definition) is 4. The van der Waals surface area contributed by atoms with Gasteiger partial charge in [-0.1, -0.05) is 46.6 Å². The predicted octanol–water partition coefficient (Wildman–Crippen LogP) is 4.46. The molecular weight excluding hydrogens is 379 g/mol. The predicted molar refractivity (Wildman–Crippen MR) is 105 cm³/mol. The zero-order valence-electron chi connectivity index (χ0n) is 15.2. The minimum absolute atomic E-state index is 0.0236. The zero-order chi connectivity index (χ0) is 21.1. The number of rotatable bonds is 9. The summed E-state index contributed by atoms with van der Waals surface area (Å²) < 4.78 is 14.1. The molecule has 0 aromatic heterocycles. The van der Waals surface area contributed by atoms with Gasteiger partial charge in [-0.05, 0) is 29.6 Å². The molecule has 0 spiro atoms. The van der Waals surface area contributed by atoms with E-state index in [1.54, 1.807) is 24.3 Å². The first kappa shape index (κ1) is 21.2. The van der Waals surface area contributed by atoms with Crippen LogP contribution < -0.4 is 10.6 Å². The van der Waals surface area contributed by atoms with Crippen molar-refractivity contribution in [3.8, 4) is 0 Å². The highest BCUT2D eigenvalue weighted by molar-refractivity contribution is 5.99. The lowest BCUT2D eigenvalue weighted by atomic mass is 10.1. The van der Waals surface area contributed by atoms with Gasteiger partial charge in [-0.3, -0.25) is 9.59 Å². The maximum atomic E-state index is 14.1. The second-order valence-electron chi connectivity index (χ2n) is 5.77. The molecule has 0 aliphatic heterocycles. The number of carbonyl (C=O) groups is 2. The third kappa shape index (κ3) is 6.24. The highest BCUT2D eigenvalue weighted by Crippen LogP contribution is 2.19. The third-order valence-corrected chi connectivity index (χ3v) is 3.83. The number of benzene rings is 2. The molecule has 0 heterocycles. The summed E-state index contributed by atoms with van der Waals surface area (Å²) in [4.78, 5) is 29.6. The van der Waals surface area contributed by atoms with Gasteiger partial charge in [0.25, 0.3) is 11.8 Å². The van der Waals surface area contributed by atoms with Gasteiger partial charge in [0.05, 0.1) is 11.4 Å². The fourth-order valence-electron chi connectivity index (χ4n) is 2.44. The van der Waals surface area contributed by atoms with E-state index < -0.39 is 18.0 Å². The third-order valence-electron chi connectivity index (χ3n) is 3.83. The number of carbonyl (C=O) groups excluding carboxylic acids is 2. The Morgan fingerprint density at radius 1 is 0.897 bits per heavy atom. The van der Waals surface area contributed by atoms with Crippen LogP contribution in [0, 0.1) is 0 Å². The molecule has 2 aromatic carbocycles. The van der Waals surface area contributed by atoms with Gasteiger partial charge in [-0.2, -0.15) is 0 Å². The first-order valence-corrected chi connectivity index (χ1v) is 8.55. The smallest absolute Gasteiger partial charge is 0.251 e. The molecule has 0 aliphatic rings. The number of nitrogens with zero attached hydrogens (tertiary/aromatic N) is 6. The summed E-state index contributed by atoms with van der Waals surface area (Å²) in [5.74, 6) is -1.06. The summed E-state index contributed by atoms with van der Waals surface area (Å²) >= 11 is 0. The second-order valence-corrected chi connectivity index (χ2v) is 5.77. The Morgan fingerprint density at radius 3 is 1.90 bits per heavy atom. The molecule has 10 nitrogen and oxygen atoms in total. The van der Waals surface area contributed by atoms with E-state index in [1.807, 2.05) is 0 Å². The Hall–Kier alpha value is -4.07. The van der Waals surface area contributed by atoms with Gasteiger partial charge in [0.1, 0.15) is 6.17 Å². The topological polar surface area (TPSA) is 156 Å². The Morgan fingerprint density at radius 2 is 1.38 bits per heavy atom. The summed E-state index contributed by atoms with van der Waals surface area (Å²) in [6.45, 7) is -0.246. The van der Waals surface area contributed by atoms with Crippen LogP contribution in [0.4, 0.5) is 15.8 Å². The molecule has 2 aromatic rings. The second kappa shape index (κ2) is 10.9. The zero-order valence-corrected chi connectivity index (χ0v) is 15.2. The lowest BCUT2D eigenvalue weighted by molar-refractivity contribution is 0.0926. The van der Waals surface area contributed by atoms with Crippen LogP contribution in [0.15, 0.2) is 58.8 Å². The van der Waals surface area contributed by atoms with Crippen molar-refractivity contribution in [1.29, 1.82) is 0 Å². The average molecular weight is 396 g/mol. The Labute approximate surface area is 165 Å². The molecule has 0 saturated heterocycles. The van der Waals surface area contributed by atoms with Crippen molar-refractivity contribution in [3.63, 3.8) is 0 Å². The summed E-state index contributed by atoms with van der Waals surface area (Å²) in [6, 6.07) is 12.4. The number of alkyl halides is 1. The van der Waals surface area contributed by atoms with E-state index in [-0.39, 0.29) is 42.0 Å². The monoisotopic (exact) mass is 396 g/mol. The van der Waals surface area contributed by atoms with Crippen LogP contribution in [0.25, 0.3) is 20.9 Å². The standard InChI is InChI=1S/C18H17FN8O2/c19-12(11-23-18(29)14-6-2-4-8-16(14)25-27-21)9-10-22-17(28)13-5-1-3-7-15(13)24-26-20/h1-8,12H,9-11H2,(H,22,28)(H,23,29)/t12-/m0/s1. The van der Waals surface area contributed by atoms with Gasteiger partial charge in [-0.25, -0.2) is 4.39 Å². The average Bonchev–Trinajstić information content (AvgIpc) is 2.73. The SMILES string of the molecule is [N-]=[N+]=Nc1ccccc1C(=O)NCC[C@H](F)CNC(=O)c1ccccc1N=[N+]=[N-]. The van der Waals surface area contributed by atoms with Gasteiger partial charge < -0.3 is 10.6 Å². The lowest BCUT2D eigenvalue weighted by Gasteiger charge is -2.12. The van der Waals surface area contributed by atoms with Gasteiger partial charge >= 0.3 is 0 Å². The molecule has 2 amide bonds. The Balaban J connectivity index is 1.83. The number of amides is 2. The molecule has 0 aliphatic carbocycles. The van der Waals surface area contributed by atoms with Crippen LogP contribution >= 0.6 is 0 Å². The molecular formula is C18H17FN8O2. The lowest BCUT2D eigenvalue weighted by Crippen LogP contribution is -2.33. The molecule has 2 N–H and O–H groups in total. The number of halogens is 1. The van der Waals surface area contributed by atoms with Crippen LogP contribution in [-0.2, 0) is 0 Å². The molecule has 11 heteroatoms. The summed E-state index contributed by atoms with van der Waals surface area (Å²) in [7, 11) is 0. The fraction of sp³-hybridized carbons (Fsp3) is 0.222. The van der Waals surface area contributed by atoms with Gasteiger partial charge in [0.15, 0.2) is 0 Å². The van der Waals surface area contributed by atoms with Crippen molar-refractivity contribution < 1.29 is 14.0 Å². The van der Waals surface area contributed by atoms with Crippen molar-refractivity contribution in [2.45, 2.75) is 12.6 Å². The van der Waals surface area contributed by atoms with E-state index in [0.717, 1.165) is 0 Å². The molecule has 0 bridgehead atoms. The number of hydrogen-bond donors (Lipinski definition) is 2. The fourth-order valence-corrected chi connectivity index (χ4v) is 2.44. The molecule has 2 rings (SSSR count). The normalized spacial score (nSPS) is 10.8. The molecule has 0 radical (unpaired) electrons. The number of azide groups is 2. The van der Waals surface area contributed by atoms with Crippen molar-refractivity contribution in [2.24, 2.45) is 10.2 Å². The largest absolute Gasteiger partial charge is 0.352 e. The van der Waals surface area contributed by atoms with Crippen molar-refractivity contribution in [1.82, 2.24) is 10.6 Å². The minimum atomic E-state index is -1.40. The van der Waals surface area contributed by atoms with Crippen LogP contribution in [0.2, 0.25) is 0 Å². The van der Waals surface area contributed by atoms with Gasteiger partial charge in [0.2, 0.25) is 0 Å². The van der Waals surface area contributed by atoms with Crippen LogP contribution in [-0.4, -0.2) is 31.1 Å². The van der Waals surface area contributed by atoms with Crippen molar-refractivity contribution >= 4 is 23.2 Å². The van der Waals surface area contributed by atoms with E-state index in [0.29, 0.717) is 0 Å². The molecule has 0 unspecified atom stereocenters. The van der Waals surface area contributed by atoms with Crippen molar-refractivity contribution in [2.75, 3.05) is 13.1 Å². The van der Waals surface area contributed by atoms with E-state index in [4.69, 9.17) is 11.1 Å². The minimum Gasteiger partial charge on any atom is -0.352 e. The van der Waals surface area contributed by atoms with E-state index in [9.17, 15) is 14.0 Å².